The maximum Gasteiger partial charge on any atom is -0.0187 e. The fourth-order valence-corrected chi connectivity index (χ4v) is 2.53. The highest BCUT2D eigenvalue weighted by molar-refractivity contribution is 5.42. The molecule has 76 valence electrons. The van der Waals surface area contributed by atoms with Gasteiger partial charge in [-0.2, -0.15) is 0 Å². The van der Waals surface area contributed by atoms with Gasteiger partial charge >= 0.3 is 0 Å². The van der Waals surface area contributed by atoms with Crippen molar-refractivity contribution in [1.82, 2.24) is 0 Å². The Labute approximate surface area is 87.3 Å². The third kappa shape index (κ3) is 1.47. The number of fused-ring (bicyclic) bond motifs is 1. The molecule has 14 heavy (non-hydrogen) atoms. The molecule has 0 heteroatoms. The van der Waals surface area contributed by atoms with Gasteiger partial charge in [-0.15, -0.1) is 0 Å². The molecule has 1 aromatic carbocycles. The number of hydrogen-bond acceptors (Lipinski definition) is 0. The van der Waals surface area contributed by atoms with E-state index in [4.69, 9.17) is 0 Å². The van der Waals surface area contributed by atoms with Crippen molar-refractivity contribution in [2.45, 2.75) is 52.4 Å². The standard InChI is InChI=1S/C14H20/c1-9-5-6-10(2)14-8-12(4)11(3)7-13(9)14/h7-10H,5-6H2,1-4H3/t9-,10-/m1/s1. The molecule has 0 nitrogen and oxygen atoms in total. The molecule has 1 aliphatic carbocycles. The molecule has 1 aromatic rings. The van der Waals surface area contributed by atoms with E-state index in [9.17, 15) is 0 Å². The molecule has 0 saturated heterocycles. The summed E-state index contributed by atoms with van der Waals surface area (Å²) in [5.74, 6) is 1.53. The minimum Gasteiger partial charge on any atom is -0.0584 e. The molecule has 0 N–H and O–H groups in total. The van der Waals surface area contributed by atoms with Gasteiger partial charge in [0.05, 0.1) is 0 Å². The van der Waals surface area contributed by atoms with Crippen molar-refractivity contribution in [3.8, 4) is 0 Å². The van der Waals surface area contributed by atoms with Gasteiger partial charge < -0.3 is 0 Å². The first-order valence-corrected chi connectivity index (χ1v) is 5.70. The molecule has 0 spiro atoms. The largest absolute Gasteiger partial charge is 0.0584 e. The molecule has 0 radical (unpaired) electrons. The van der Waals surface area contributed by atoms with Gasteiger partial charge in [0.25, 0.3) is 0 Å². The highest BCUT2D eigenvalue weighted by Gasteiger charge is 2.22. The van der Waals surface area contributed by atoms with Crippen LogP contribution in [0.4, 0.5) is 0 Å². The predicted molar refractivity (Wildman–Crippen MR) is 62.0 cm³/mol. The van der Waals surface area contributed by atoms with Crippen LogP contribution < -0.4 is 0 Å². The lowest BCUT2D eigenvalue weighted by atomic mass is 9.77. The third-order valence-corrected chi connectivity index (χ3v) is 3.79. The van der Waals surface area contributed by atoms with Crippen LogP contribution in [0.15, 0.2) is 12.1 Å². The lowest BCUT2D eigenvalue weighted by molar-refractivity contribution is 0.526. The van der Waals surface area contributed by atoms with Crippen molar-refractivity contribution in [3.63, 3.8) is 0 Å². The van der Waals surface area contributed by atoms with Crippen LogP contribution in [0.25, 0.3) is 0 Å². The molecule has 2 atom stereocenters. The molecule has 0 fully saturated rings. The van der Waals surface area contributed by atoms with Crippen LogP contribution >= 0.6 is 0 Å². The third-order valence-electron chi connectivity index (χ3n) is 3.79. The molecule has 0 heterocycles. The van der Waals surface area contributed by atoms with E-state index in [1.807, 2.05) is 0 Å². The molecule has 0 saturated carbocycles. The predicted octanol–water partition coefficient (Wildman–Crippen LogP) is 4.30. The van der Waals surface area contributed by atoms with Gasteiger partial charge in [0.1, 0.15) is 0 Å². The zero-order chi connectivity index (χ0) is 10.3. The zero-order valence-corrected chi connectivity index (χ0v) is 9.72. The summed E-state index contributed by atoms with van der Waals surface area (Å²) < 4.78 is 0. The van der Waals surface area contributed by atoms with Gasteiger partial charge in [0.2, 0.25) is 0 Å². The molecular weight excluding hydrogens is 168 g/mol. The number of aryl methyl sites for hydroxylation is 2. The van der Waals surface area contributed by atoms with E-state index in [1.54, 1.807) is 11.1 Å². The second kappa shape index (κ2) is 3.42. The highest BCUT2D eigenvalue weighted by atomic mass is 14.3. The minimum atomic E-state index is 0.764. The molecule has 1 aliphatic rings. The van der Waals surface area contributed by atoms with Gasteiger partial charge in [0, 0.05) is 0 Å². The summed E-state index contributed by atoms with van der Waals surface area (Å²) in [6.07, 6.45) is 2.72. The van der Waals surface area contributed by atoms with Gasteiger partial charge in [-0.3, -0.25) is 0 Å². The van der Waals surface area contributed by atoms with E-state index in [2.05, 4.69) is 39.8 Å². The Kier molecular flexibility index (Phi) is 2.38. The maximum atomic E-state index is 2.41. The minimum absolute atomic E-state index is 0.764. The van der Waals surface area contributed by atoms with E-state index >= 15 is 0 Å². The number of hydrogen-bond donors (Lipinski definition) is 0. The van der Waals surface area contributed by atoms with Crippen molar-refractivity contribution in [2.75, 3.05) is 0 Å². The summed E-state index contributed by atoms with van der Waals surface area (Å²) in [7, 11) is 0. The average Bonchev–Trinajstić information content (AvgIpc) is 2.15. The quantitative estimate of drug-likeness (QED) is 0.569. The van der Waals surface area contributed by atoms with Crippen molar-refractivity contribution >= 4 is 0 Å². The topological polar surface area (TPSA) is 0 Å². The fourth-order valence-electron chi connectivity index (χ4n) is 2.53. The normalized spacial score (nSPS) is 26.0. The van der Waals surface area contributed by atoms with Crippen LogP contribution in [-0.4, -0.2) is 0 Å². The summed E-state index contributed by atoms with van der Waals surface area (Å²) in [4.78, 5) is 0. The lowest BCUT2D eigenvalue weighted by Crippen LogP contribution is -2.11. The van der Waals surface area contributed by atoms with Gasteiger partial charge in [0.15, 0.2) is 0 Å². The average molecular weight is 188 g/mol. The summed E-state index contributed by atoms with van der Waals surface area (Å²) in [6.45, 7) is 9.17. The second-order valence-electron chi connectivity index (χ2n) is 4.94. The van der Waals surface area contributed by atoms with Crippen LogP contribution in [0.2, 0.25) is 0 Å². The van der Waals surface area contributed by atoms with Crippen molar-refractivity contribution < 1.29 is 0 Å². The first-order chi connectivity index (χ1) is 6.59. The monoisotopic (exact) mass is 188 g/mol. The lowest BCUT2D eigenvalue weighted by Gasteiger charge is -2.28. The summed E-state index contributed by atoms with van der Waals surface area (Å²) >= 11 is 0. The molecule has 0 aromatic heterocycles. The van der Waals surface area contributed by atoms with E-state index in [-0.39, 0.29) is 0 Å². The number of rotatable bonds is 0. The van der Waals surface area contributed by atoms with E-state index in [0.717, 1.165) is 11.8 Å². The molecule has 0 unspecified atom stereocenters. The highest BCUT2D eigenvalue weighted by Crippen LogP contribution is 2.39. The molecular formula is C14H20. The summed E-state index contributed by atoms with van der Waals surface area (Å²) in [5.41, 5.74) is 6.10. The van der Waals surface area contributed by atoms with Crippen LogP contribution in [0.5, 0.6) is 0 Å². The smallest absolute Gasteiger partial charge is 0.0187 e. The molecule has 0 aliphatic heterocycles. The Balaban J connectivity index is 2.56. The van der Waals surface area contributed by atoms with Crippen molar-refractivity contribution in [2.24, 2.45) is 0 Å². The summed E-state index contributed by atoms with van der Waals surface area (Å²) in [5, 5.41) is 0. The first kappa shape index (κ1) is 9.76. The van der Waals surface area contributed by atoms with E-state index in [0.29, 0.717) is 0 Å². The van der Waals surface area contributed by atoms with Crippen LogP contribution in [0.3, 0.4) is 0 Å². The van der Waals surface area contributed by atoms with Gasteiger partial charge in [-0.25, -0.2) is 0 Å². The van der Waals surface area contributed by atoms with E-state index < -0.39 is 0 Å². The van der Waals surface area contributed by atoms with Crippen molar-refractivity contribution in [3.05, 3.63) is 34.4 Å². The molecule has 0 bridgehead atoms. The van der Waals surface area contributed by atoms with Crippen LogP contribution in [-0.2, 0) is 0 Å². The van der Waals surface area contributed by atoms with Crippen molar-refractivity contribution in [1.29, 1.82) is 0 Å². The Hall–Kier alpha value is -0.780. The van der Waals surface area contributed by atoms with Gasteiger partial charge in [-0.1, -0.05) is 26.0 Å². The molecule has 0 amide bonds. The van der Waals surface area contributed by atoms with Gasteiger partial charge in [-0.05, 0) is 60.8 Å². The Morgan fingerprint density at radius 3 is 1.57 bits per heavy atom. The van der Waals surface area contributed by atoms with Crippen LogP contribution in [0.1, 0.15) is 60.8 Å². The maximum absolute atomic E-state index is 2.41. The summed E-state index contributed by atoms with van der Waals surface area (Å²) in [6, 6.07) is 4.82. The van der Waals surface area contributed by atoms with E-state index in [1.165, 1.54) is 24.0 Å². The first-order valence-electron chi connectivity index (χ1n) is 5.70. The van der Waals surface area contributed by atoms with Crippen LogP contribution in [0, 0.1) is 13.8 Å². The second-order valence-corrected chi connectivity index (χ2v) is 4.94. The SMILES string of the molecule is Cc1cc2c(cc1C)[C@H](C)CC[C@H]2C. The Morgan fingerprint density at radius 1 is 0.857 bits per heavy atom. The fraction of sp³-hybridized carbons (Fsp3) is 0.571. The Morgan fingerprint density at radius 2 is 1.21 bits per heavy atom. The molecule has 2 rings (SSSR count). The Bertz CT molecular complexity index is 314. The number of benzene rings is 1. The zero-order valence-electron chi connectivity index (χ0n) is 9.72.